The Bertz CT molecular complexity index is 623. The Morgan fingerprint density at radius 1 is 1.35 bits per heavy atom. The zero-order valence-corrected chi connectivity index (χ0v) is 16.8. The van der Waals surface area contributed by atoms with Crippen LogP contribution >= 0.6 is 0 Å². The Morgan fingerprint density at radius 3 is 2.81 bits per heavy atom. The fraction of sp³-hybridized carbons (Fsp3) is 0.579. The summed E-state index contributed by atoms with van der Waals surface area (Å²) < 4.78 is 21.0. The van der Waals surface area contributed by atoms with E-state index in [0.717, 1.165) is 12.2 Å². The van der Waals surface area contributed by atoms with Gasteiger partial charge in [-0.05, 0) is 30.7 Å². The number of allylic oxidation sites excluding steroid dienone is 1. The van der Waals surface area contributed by atoms with Gasteiger partial charge < -0.3 is 18.6 Å². The number of hydrogen-bond donors (Lipinski definition) is 0. The minimum absolute atomic E-state index is 0.0150. The summed E-state index contributed by atoms with van der Waals surface area (Å²) in [4.78, 5) is 23.0. The minimum Gasteiger partial charge on any atom is -0.467 e. The quantitative estimate of drug-likeness (QED) is 0.181. The number of carbonyl (C=O) groups is 1. The van der Waals surface area contributed by atoms with Gasteiger partial charge in [-0.2, -0.15) is 0 Å². The van der Waals surface area contributed by atoms with E-state index in [4.69, 9.17) is 18.6 Å². The highest BCUT2D eigenvalue weighted by molar-refractivity contribution is 7.95. The largest absolute Gasteiger partial charge is 0.467 e. The molecule has 1 aromatic heterocycles. The summed E-state index contributed by atoms with van der Waals surface area (Å²) in [6.07, 6.45) is 8.89. The molecule has 0 N–H and O–H groups in total. The Labute approximate surface area is 157 Å². The van der Waals surface area contributed by atoms with Gasteiger partial charge in [-0.3, -0.25) is 0 Å². The van der Waals surface area contributed by atoms with E-state index < -0.39 is 5.63 Å². The van der Waals surface area contributed by atoms with Crippen molar-refractivity contribution in [3.63, 3.8) is 0 Å². The number of ether oxygens (including phenoxy) is 3. The summed E-state index contributed by atoms with van der Waals surface area (Å²) in [5.41, 5.74) is -0.449. The molecule has 0 saturated heterocycles. The van der Waals surface area contributed by atoms with Crippen LogP contribution in [0.5, 0.6) is 5.75 Å². The topological polar surface area (TPSA) is 75.0 Å². The molecule has 0 aliphatic heterocycles. The van der Waals surface area contributed by atoms with Crippen molar-refractivity contribution >= 4 is 16.9 Å². The van der Waals surface area contributed by atoms with E-state index in [0.29, 0.717) is 42.0 Å². The molecule has 1 atom stereocenters. The Hall–Kier alpha value is -1.73. The monoisotopic (exact) mass is 385 g/mol. The Kier molecular flexibility index (Phi) is 10.8. The van der Waals surface area contributed by atoms with E-state index in [-0.39, 0.29) is 18.7 Å². The lowest BCUT2D eigenvalue weighted by Crippen LogP contribution is -2.13. The molecule has 1 rings (SSSR count). The molecule has 26 heavy (non-hydrogen) atoms. The highest BCUT2D eigenvalue weighted by Crippen LogP contribution is 2.23. The number of rotatable bonds is 12. The molecule has 0 fully saturated rings. The van der Waals surface area contributed by atoms with E-state index in [9.17, 15) is 9.59 Å². The van der Waals surface area contributed by atoms with E-state index >= 15 is 0 Å². The smallest absolute Gasteiger partial charge is 0.339 e. The number of hydrogen-bond acceptors (Lipinski definition) is 6. The molecule has 0 saturated carbocycles. The van der Waals surface area contributed by atoms with Crippen LogP contribution in [0.3, 0.4) is 0 Å². The van der Waals surface area contributed by atoms with Gasteiger partial charge in [0.2, 0.25) is 0 Å². The second-order valence-electron chi connectivity index (χ2n) is 6.01. The van der Waals surface area contributed by atoms with Gasteiger partial charge in [0.15, 0.2) is 6.79 Å². The predicted octanol–water partition coefficient (Wildman–Crippen LogP) is 2.87. The van der Waals surface area contributed by atoms with Crippen molar-refractivity contribution < 1.29 is 23.4 Å². The zero-order chi connectivity index (χ0) is 19.4. The summed E-state index contributed by atoms with van der Waals surface area (Å²) in [5.74, 6) is 1.65. The van der Waals surface area contributed by atoms with Gasteiger partial charge in [0.05, 0.1) is 31.8 Å². The predicted molar refractivity (Wildman–Crippen MR) is 104 cm³/mol. The molecule has 6 nitrogen and oxygen atoms in total. The third-order valence-corrected chi connectivity index (χ3v) is 4.48. The summed E-state index contributed by atoms with van der Waals surface area (Å²) in [6, 6.07) is 3.03. The fourth-order valence-corrected chi connectivity index (χ4v) is 2.50. The Morgan fingerprint density at radius 2 is 2.12 bits per heavy atom. The molecule has 0 aromatic carbocycles. The van der Waals surface area contributed by atoms with Crippen LogP contribution < -0.4 is 10.4 Å². The van der Waals surface area contributed by atoms with Gasteiger partial charge in [-0.15, -0.1) is 0 Å². The molecular formula is C19H29O6S+. The molecule has 1 heterocycles. The lowest BCUT2D eigenvalue weighted by atomic mass is 10.0. The van der Waals surface area contributed by atoms with Crippen molar-refractivity contribution in [1.82, 2.24) is 0 Å². The van der Waals surface area contributed by atoms with Crippen molar-refractivity contribution in [1.29, 1.82) is 0 Å². The first-order valence-electron chi connectivity index (χ1n) is 8.65. The number of esters is 1. The maximum absolute atomic E-state index is 11.7. The zero-order valence-electron chi connectivity index (χ0n) is 16.0. The molecule has 0 aliphatic carbocycles. The summed E-state index contributed by atoms with van der Waals surface area (Å²) >= 11 is 0. The summed E-state index contributed by atoms with van der Waals surface area (Å²) in [7, 11) is 0.334. The molecule has 0 bridgehead atoms. The highest BCUT2D eigenvalue weighted by atomic mass is 32.2. The average molecular weight is 386 g/mol. The van der Waals surface area contributed by atoms with Crippen LogP contribution in [0.15, 0.2) is 33.5 Å². The first kappa shape index (κ1) is 22.3. The van der Waals surface area contributed by atoms with Crippen molar-refractivity contribution in [2.24, 2.45) is 0 Å². The van der Waals surface area contributed by atoms with E-state index in [1.807, 2.05) is 6.92 Å². The van der Waals surface area contributed by atoms with Gasteiger partial charge in [0, 0.05) is 18.1 Å². The van der Waals surface area contributed by atoms with E-state index in [2.05, 4.69) is 12.5 Å². The van der Waals surface area contributed by atoms with Crippen LogP contribution in [0.2, 0.25) is 0 Å². The van der Waals surface area contributed by atoms with Crippen molar-refractivity contribution in [2.75, 3.05) is 38.3 Å². The van der Waals surface area contributed by atoms with Crippen LogP contribution in [0.25, 0.3) is 0 Å². The Balaban J connectivity index is 2.49. The van der Waals surface area contributed by atoms with E-state index in [1.54, 1.807) is 19.1 Å². The standard InChI is InChI=1S/C19H29O6S/c1-5-23-18(20)9-7-6-8-15(2)17-12-16(13-19(21)25-17)24-14-22-10-11-26(3)4/h7,9,12-13,15H,5-6,8,10-11,14H2,1-4H3/q+1/b9-7+. The van der Waals surface area contributed by atoms with Crippen molar-refractivity contribution in [3.05, 3.63) is 40.5 Å². The lowest BCUT2D eigenvalue weighted by Gasteiger charge is -2.11. The van der Waals surface area contributed by atoms with Gasteiger partial charge in [0.25, 0.3) is 0 Å². The fourth-order valence-electron chi connectivity index (χ4n) is 2.05. The van der Waals surface area contributed by atoms with Gasteiger partial charge in [-0.25, -0.2) is 9.59 Å². The van der Waals surface area contributed by atoms with Crippen LogP contribution in [0.1, 0.15) is 38.4 Å². The van der Waals surface area contributed by atoms with Crippen LogP contribution in [0.4, 0.5) is 0 Å². The van der Waals surface area contributed by atoms with Gasteiger partial charge in [0.1, 0.15) is 17.3 Å². The first-order chi connectivity index (χ1) is 12.4. The maximum atomic E-state index is 11.7. The second kappa shape index (κ2) is 12.6. The molecule has 7 heteroatoms. The SMILES string of the molecule is CCOC(=O)/C=C/CCC(C)c1cc(OCOCC[S+](C)C)cc(=O)o1. The molecule has 0 radical (unpaired) electrons. The molecule has 0 aliphatic rings. The van der Waals surface area contributed by atoms with Crippen molar-refractivity contribution in [2.45, 2.75) is 32.6 Å². The second-order valence-corrected chi connectivity index (χ2v) is 8.39. The number of carbonyl (C=O) groups excluding carboxylic acids is 1. The molecule has 146 valence electrons. The molecule has 0 amide bonds. The summed E-state index contributed by atoms with van der Waals surface area (Å²) in [6.45, 7) is 4.82. The average Bonchev–Trinajstić information content (AvgIpc) is 2.57. The molecule has 1 unspecified atom stereocenters. The highest BCUT2D eigenvalue weighted by Gasteiger charge is 2.11. The van der Waals surface area contributed by atoms with Crippen LogP contribution in [0, 0.1) is 0 Å². The van der Waals surface area contributed by atoms with Crippen molar-refractivity contribution in [3.8, 4) is 5.75 Å². The van der Waals surface area contributed by atoms with Gasteiger partial charge in [-0.1, -0.05) is 13.0 Å². The minimum atomic E-state index is -0.449. The molecule has 1 aromatic rings. The molecule has 0 spiro atoms. The third-order valence-electron chi connectivity index (χ3n) is 3.50. The first-order valence-corrected chi connectivity index (χ1v) is 10.9. The van der Waals surface area contributed by atoms with Gasteiger partial charge >= 0.3 is 11.6 Å². The third kappa shape index (κ3) is 9.68. The lowest BCUT2D eigenvalue weighted by molar-refractivity contribution is -0.137. The normalized spacial score (nSPS) is 12.5. The maximum Gasteiger partial charge on any atom is 0.339 e. The van der Waals surface area contributed by atoms with E-state index in [1.165, 1.54) is 12.1 Å². The van der Waals surface area contributed by atoms with Crippen LogP contribution in [-0.4, -0.2) is 44.2 Å². The van der Waals surface area contributed by atoms with Crippen LogP contribution in [-0.2, 0) is 25.2 Å². The summed E-state index contributed by atoms with van der Waals surface area (Å²) in [5, 5.41) is 0. The molecular weight excluding hydrogens is 356 g/mol.